The van der Waals surface area contributed by atoms with Crippen LogP contribution in [0.3, 0.4) is 0 Å². The van der Waals surface area contributed by atoms with Gasteiger partial charge in [0.15, 0.2) is 5.69 Å². The number of carbonyl (C=O) groups excluding carboxylic acids is 1. The quantitative estimate of drug-likeness (QED) is 0.870. The summed E-state index contributed by atoms with van der Waals surface area (Å²) in [5, 5.41) is 13.3. The molecule has 2 saturated carbocycles. The molecule has 1 amide bonds. The number of hydrogen-bond donors (Lipinski definition) is 2. The molecular formula is C14H16N6O. The summed E-state index contributed by atoms with van der Waals surface area (Å²) < 4.78 is 0. The van der Waals surface area contributed by atoms with Crippen molar-refractivity contribution >= 4 is 11.6 Å². The second-order valence-corrected chi connectivity index (χ2v) is 5.82. The summed E-state index contributed by atoms with van der Waals surface area (Å²) in [6.45, 7) is 0. The Bertz CT molecular complexity index is 656. The van der Waals surface area contributed by atoms with Gasteiger partial charge in [-0.25, -0.2) is 9.97 Å². The Kier molecular flexibility index (Phi) is 2.90. The number of aromatic amines is 1. The highest BCUT2D eigenvalue weighted by molar-refractivity contribution is 6.03. The van der Waals surface area contributed by atoms with Crippen LogP contribution in [0.25, 0.3) is 0 Å². The number of rotatable bonds is 5. The number of hydrogen-bond acceptors (Lipinski definition) is 5. The maximum Gasteiger partial charge on any atom is 0.278 e. The van der Waals surface area contributed by atoms with Crippen molar-refractivity contribution in [2.45, 2.75) is 38.0 Å². The molecular weight excluding hydrogens is 268 g/mol. The van der Waals surface area contributed by atoms with Gasteiger partial charge in [0.05, 0.1) is 23.8 Å². The fourth-order valence-electron chi connectivity index (χ4n) is 2.34. The normalized spacial score (nSPS) is 17.7. The topological polar surface area (TPSA) is 96.5 Å². The molecule has 0 bridgehead atoms. The lowest BCUT2D eigenvalue weighted by Crippen LogP contribution is -2.15. The number of H-pyrrole nitrogens is 1. The fourth-order valence-corrected chi connectivity index (χ4v) is 2.34. The van der Waals surface area contributed by atoms with E-state index in [-0.39, 0.29) is 5.91 Å². The van der Waals surface area contributed by atoms with E-state index in [2.05, 4.69) is 30.7 Å². The molecule has 4 rings (SSSR count). The van der Waals surface area contributed by atoms with Crippen LogP contribution in [-0.2, 0) is 6.42 Å². The number of anilines is 1. The molecule has 21 heavy (non-hydrogen) atoms. The molecule has 0 radical (unpaired) electrons. The molecule has 2 heterocycles. The second kappa shape index (κ2) is 4.91. The van der Waals surface area contributed by atoms with Gasteiger partial charge in [-0.3, -0.25) is 4.79 Å². The van der Waals surface area contributed by atoms with Crippen LogP contribution in [0.4, 0.5) is 5.69 Å². The minimum absolute atomic E-state index is 0.260. The van der Waals surface area contributed by atoms with Crippen molar-refractivity contribution in [1.29, 1.82) is 0 Å². The Morgan fingerprint density at radius 3 is 2.62 bits per heavy atom. The lowest BCUT2D eigenvalue weighted by Gasteiger charge is -2.04. The van der Waals surface area contributed by atoms with Crippen molar-refractivity contribution in [3.8, 4) is 0 Å². The summed E-state index contributed by atoms with van der Waals surface area (Å²) in [7, 11) is 0. The van der Waals surface area contributed by atoms with E-state index in [0.29, 0.717) is 17.3 Å². The van der Waals surface area contributed by atoms with Crippen LogP contribution in [0.1, 0.15) is 53.6 Å². The number of nitrogens with zero attached hydrogens (tertiary/aromatic N) is 4. The van der Waals surface area contributed by atoms with E-state index in [1.165, 1.54) is 12.8 Å². The van der Waals surface area contributed by atoms with Crippen molar-refractivity contribution in [2.24, 2.45) is 5.92 Å². The SMILES string of the molecule is O=C(Nc1cnc(CC2CC2)nc1)c1n[nH]nc1C1CC1. The number of aromatic nitrogens is 5. The van der Waals surface area contributed by atoms with Crippen molar-refractivity contribution in [3.05, 3.63) is 29.6 Å². The van der Waals surface area contributed by atoms with Crippen LogP contribution in [0, 0.1) is 5.92 Å². The van der Waals surface area contributed by atoms with Gasteiger partial charge in [-0.05, 0) is 31.6 Å². The molecule has 2 N–H and O–H groups in total. The van der Waals surface area contributed by atoms with Gasteiger partial charge in [-0.1, -0.05) is 0 Å². The lowest BCUT2D eigenvalue weighted by molar-refractivity contribution is 0.102. The van der Waals surface area contributed by atoms with E-state index in [1.54, 1.807) is 12.4 Å². The van der Waals surface area contributed by atoms with Crippen molar-refractivity contribution in [1.82, 2.24) is 25.4 Å². The summed E-state index contributed by atoms with van der Waals surface area (Å²) in [4.78, 5) is 20.8. The van der Waals surface area contributed by atoms with E-state index < -0.39 is 0 Å². The molecule has 0 saturated heterocycles. The van der Waals surface area contributed by atoms with E-state index in [1.807, 2.05) is 0 Å². The zero-order valence-electron chi connectivity index (χ0n) is 11.5. The van der Waals surface area contributed by atoms with E-state index in [0.717, 1.165) is 36.7 Å². The van der Waals surface area contributed by atoms with Crippen LogP contribution in [0.2, 0.25) is 0 Å². The van der Waals surface area contributed by atoms with Crippen LogP contribution < -0.4 is 5.32 Å². The zero-order valence-corrected chi connectivity index (χ0v) is 11.5. The van der Waals surface area contributed by atoms with Crippen molar-refractivity contribution in [3.63, 3.8) is 0 Å². The molecule has 0 aliphatic heterocycles. The minimum atomic E-state index is -0.260. The Labute approximate surface area is 121 Å². The molecule has 2 aliphatic rings. The van der Waals surface area contributed by atoms with Crippen molar-refractivity contribution < 1.29 is 4.79 Å². The summed E-state index contributed by atoms with van der Waals surface area (Å²) in [5.74, 6) is 1.71. The van der Waals surface area contributed by atoms with E-state index in [9.17, 15) is 4.79 Å². The van der Waals surface area contributed by atoms with Gasteiger partial charge in [-0.2, -0.15) is 15.4 Å². The number of nitrogens with one attached hydrogen (secondary N) is 2. The molecule has 0 aromatic carbocycles. The monoisotopic (exact) mass is 284 g/mol. The lowest BCUT2D eigenvalue weighted by atomic mass is 10.2. The van der Waals surface area contributed by atoms with Gasteiger partial charge >= 0.3 is 0 Å². The molecule has 2 aromatic rings. The van der Waals surface area contributed by atoms with Gasteiger partial charge in [0.2, 0.25) is 0 Å². The minimum Gasteiger partial charge on any atom is -0.318 e. The molecule has 2 aromatic heterocycles. The smallest absolute Gasteiger partial charge is 0.278 e. The number of carbonyl (C=O) groups is 1. The first-order chi connectivity index (χ1) is 10.3. The first-order valence-corrected chi connectivity index (χ1v) is 7.32. The highest BCUT2D eigenvalue weighted by Crippen LogP contribution is 2.40. The molecule has 7 nitrogen and oxygen atoms in total. The maximum absolute atomic E-state index is 12.2. The van der Waals surface area contributed by atoms with Crippen LogP contribution in [-0.4, -0.2) is 31.3 Å². The van der Waals surface area contributed by atoms with Gasteiger partial charge in [-0.15, -0.1) is 0 Å². The third-order valence-corrected chi connectivity index (χ3v) is 3.89. The summed E-state index contributed by atoms with van der Waals surface area (Å²) >= 11 is 0. The molecule has 108 valence electrons. The third kappa shape index (κ3) is 2.76. The first-order valence-electron chi connectivity index (χ1n) is 7.32. The van der Waals surface area contributed by atoms with Crippen LogP contribution >= 0.6 is 0 Å². The molecule has 0 atom stereocenters. The Balaban J connectivity index is 1.44. The van der Waals surface area contributed by atoms with Crippen LogP contribution in [0.15, 0.2) is 12.4 Å². The molecule has 0 unspecified atom stereocenters. The Morgan fingerprint density at radius 2 is 1.95 bits per heavy atom. The van der Waals surface area contributed by atoms with Crippen molar-refractivity contribution in [2.75, 3.05) is 5.32 Å². The van der Waals surface area contributed by atoms with Gasteiger partial charge in [0.1, 0.15) is 5.82 Å². The Hall–Kier alpha value is -2.31. The second-order valence-electron chi connectivity index (χ2n) is 5.82. The molecule has 0 spiro atoms. The summed E-state index contributed by atoms with van der Waals surface area (Å²) in [6, 6.07) is 0. The van der Waals surface area contributed by atoms with Gasteiger partial charge in [0.25, 0.3) is 5.91 Å². The highest BCUT2D eigenvalue weighted by atomic mass is 16.2. The highest BCUT2D eigenvalue weighted by Gasteiger charge is 2.31. The largest absolute Gasteiger partial charge is 0.318 e. The predicted octanol–water partition coefficient (Wildman–Crippen LogP) is 1.68. The summed E-state index contributed by atoms with van der Waals surface area (Å²) in [6.07, 6.45) is 8.94. The van der Waals surface area contributed by atoms with Gasteiger partial charge in [0, 0.05) is 12.3 Å². The molecule has 7 heteroatoms. The predicted molar refractivity (Wildman–Crippen MR) is 74.8 cm³/mol. The zero-order chi connectivity index (χ0) is 14.2. The number of amides is 1. The third-order valence-electron chi connectivity index (χ3n) is 3.89. The average molecular weight is 284 g/mol. The van der Waals surface area contributed by atoms with E-state index in [4.69, 9.17) is 0 Å². The molecule has 2 aliphatic carbocycles. The summed E-state index contributed by atoms with van der Waals surface area (Å²) in [5.41, 5.74) is 1.72. The van der Waals surface area contributed by atoms with E-state index >= 15 is 0 Å². The standard InChI is InChI=1S/C14H16N6O/c21-14(13-12(9-3-4-9)18-20-19-13)17-10-6-15-11(16-7-10)5-8-1-2-8/h6-9H,1-5H2,(H,17,21)(H,18,19,20). The fraction of sp³-hybridized carbons (Fsp3) is 0.500. The maximum atomic E-state index is 12.2. The Morgan fingerprint density at radius 1 is 1.19 bits per heavy atom. The first kappa shape index (κ1) is 12.4. The average Bonchev–Trinajstić information content (AvgIpc) is 3.42. The van der Waals surface area contributed by atoms with Gasteiger partial charge < -0.3 is 5.32 Å². The molecule has 2 fully saturated rings. The van der Waals surface area contributed by atoms with Crippen LogP contribution in [0.5, 0.6) is 0 Å².